The van der Waals surface area contributed by atoms with E-state index in [0.717, 1.165) is 11.1 Å². The second-order valence-corrected chi connectivity index (χ2v) is 26.2. The minimum absolute atomic E-state index is 0.00724. The van der Waals surface area contributed by atoms with Crippen molar-refractivity contribution in [1.29, 1.82) is 0 Å². The number of primary amides is 1. The van der Waals surface area contributed by atoms with Gasteiger partial charge in [-0.1, -0.05) is 109 Å². The first-order chi connectivity index (χ1) is 44.4. The van der Waals surface area contributed by atoms with Gasteiger partial charge in [-0.15, -0.1) is 0 Å². The van der Waals surface area contributed by atoms with Crippen LogP contribution in [0.15, 0.2) is 72.4 Å². The van der Waals surface area contributed by atoms with Crippen LogP contribution in [0.5, 0.6) is 5.75 Å². The number of benzene rings is 2. The molecule has 6 N–H and O–H groups in total. The summed E-state index contributed by atoms with van der Waals surface area (Å²) in [4.78, 5) is 137. The SMILES string of the molecule is C=C(CBr)C(=O)NCCCCCC(=O)C[C@H](C(=O)N[C@@H](CCCNC(N)=O)C(=O)Cc1ccc(COC(=O)N(C)CCC(=O)N(C)[C@@H](C)C(=O)O[C@H]2CC(=O)N(C)c3cc(cc(OC)c3Cl)C/C(C)=C/C=C/[C@@H](OC)[C@]3(O)CC(=O)O[C@@H](C3)[C@@H](C)[C@@H]3O[C@@]23C)cc1)C(C)C. The number of likely N-dealkylation sites (N-methyl/N-ethyl adjacent to an activating group) is 1. The number of methoxy groups -OCH3 is 2. The number of esters is 2. The molecule has 2 aromatic rings. The quantitative estimate of drug-likeness (QED) is 0.0128. The Bertz CT molecular complexity index is 3130. The number of carbonyl (C=O) groups excluding carboxylic acids is 10. The smallest absolute Gasteiger partial charge is 0.409 e. The molecule has 0 aliphatic carbocycles. The number of urea groups is 1. The number of nitrogens with one attached hydrogen (secondary N) is 3. The molecule has 0 saturated carbocycles. The predicted molar refractivity (Wildman–Crippen MR) is 356 cm³/mol. The molecule has 10 atom stereocenters. The van der Waals surface area contributed by atoms with Crippen molar-refractivity contribution in [2.24, 2.45) is 23.5 Å². The summed E-state index contributed by atoms with van der Waals surface area (Å²) in [5, 5.41) is 20.7. The maximum Gasteiger partial charge on any atom is 0.409 e. The summed E-state index contributed by atoms with van der Waals surface area (Å²) in [6.07, 6.45) is 2.85. The van der Waals surface area contributed by atoms with E-state index in [1.54, 1.807) is 62.4 Å². The molecule has 3 aliphatic heterocycles. The van der Waals surface area contributed by atoms with E-state index in [-0.39, 0.29) is 93.1 Å². The fourth-order valence-corrected chi connectivity index (χ4v) is 12.0. The van der Waals surface area contributed by atoms with Crippen LogP contribution in [0.25, 0.3) is 0 Å². The van der Waals surface area contributed by atoms with Crippen molar-refractivity contribution in [3.63, 3.8) is 0 Å². The Morgan fingerprint density at radius 3 is 2.30 bits per heavy atom. The average molecular weight is 1400 g/mol. The molecular weight excluding hydrogens is 1300 g/mol. The zero-order chi connectivity index (χ0) is 69.8. The van der Waals surface area contributed by atoms with Gasteiger partial charge in [0.25, 0.3) is 0 Å². The third-order valence-electron chi connectivity index (χ3n) is 17.7. The first-order valence-electron chi connectivity index (χ1n) is 31.8. The highest BCUT2D eigenvalue weighted by Gasteiger charge is 2.64. The number of epoxide rings is 1. The van der Waals surface area contributed by atoms with Gasteiger partial charge < -0.3 is 69.9 Å². The van der Waals surface area contributed by atoms with Crippen LogP contribution in [-0.4, -0.2) is 182 Å². The summed E-state index contributed by atoms with van der Waals surface area (Å²) in [6.45, 7) is 14.5. The monoisotopic (exact) mass is 1400 g/mol. The molecule has 2 fully saturated rings. The third kappa shape index (κ3) is 22.2. The molecule has 5 rings (SSSR count). The van der Waals surface area contributed by atoms with E-state index in [1.807, 2.05) is 26.8 Å². The predicted octanol–water partition coefficient (Wildman–Crippen LogP) is 7.33. The Morgan fingerprint density at radius 2 is 1.65 bits per heavy atom. The number of hydrogen-bond donors (Lipinski definition) is 5. The lowest BCUT2D eigenvalue weighted by Gasteiger charge is -2.41. The third-order valence-corrected chi connectivity index (χ3v) is 18.7. The number of carbonyl (C=O) groups is 10. The van der Waals surface area contributed by atoms with Crippen LogP contribution in [-0.2, 0) is 81.5 Å². The van der Waals surface area contributed by atoms with Crippen LogP contribution in [0.2, 0.25) is 5.02 Å². The molecule has 24 nitrogen and oxygen atoms in total. The lowest BCUT2D eigenvalue weighted by atomic mass is 9.78. The van der Waals surface area contributed by atoms with Crippen molar-refractivity contribution in [3.05, 3.63) is 94.1 Å². The molecule has 26 heteroatoms. The Morgan fingerprint density at radius 1 is 0.968 bits per heavy atom. The van der Waals surface area contributed by atoms with E-state index in [0.29, 0.717) is 72.1 Å². The number of Topliss-reactive ketones (excluding diaryl/α,β-unsaturated/α-hetero) is 2. The molecule has 2 aromatic carbocycles. The average Bonchev–Trinajstić information content (AvgIpc) is 1.57. The number of ether oxygens (including phenoxy) is 6. The van der Waals surface area contributed by atoms with E-state index < -0.39 is 108 Å². The Kier molecular flexibility index (Phi) is 29.7. The summed E-state index contributed by atoms with van der Waals surface area (Å²) in [7, 11) is 7.30. The lowest BCUT2D eigenvalue weighted by molar-refractivity contribution is -0.187. The van der Waals surface area contributed by atoms with Gasteiger partial charge in [-0.2, -0.15) is 0 Å². The van der Waals surface area contributed by atoms with Crippen LogP contribution in [0.3, 0.4) is 0 Å². The van der Waals surface area contributed by atoms with Gasteiger partial charge in [0.05, 0.1) is 37.8 Å². The van der Waals surface area contributed by atoms with E-state index in [9.17, 15) is 53.1 Å². The normalized spacial score (nSPS) is 23.1. The lowest BCUT2D eigenvalue weighted by Crippen LogP contribution is -2.53. The number of anilines is 1. The fraction of sp³-hybridized carbons (Fsp3) is 0.588. The van der Waals surface area contributed by atoms with Gasteiger partial charge >= 0.3 is 24.1 Å². The molecule has 94 heavy (non-hydrogen) atoms. The molecule has 2 saturated heterocycles. The van der Waals surface area contributed by atoms with Gasteiger partial charge in [-0.3, -0.25) is 33.6 Å². The maximum absolute atomic E-state index is 14.5. The van der Waals surface area contributed by atoms with Crippen LogP contribution >= 0.6 is 27.5 Å². The summed E-state index contributed by atoms with van der Waals surface area (Å²) in [5.41, 5.74) is 5.87. The van der Waals surface area contributed by atoms with E-state index in [2.05, 4.69) is 38.5 Å². The largest absolute Gasteiger partial charge is 0.495 e. The molecular formula is C68H95BrClN7O17. The fourth-order valence-electron chi connectivity index (χ4n) is 11.4. The Labute approximate surface area is 564 Å². The standard InChI is InChI=1S/C68H95BrClN7O17/c1-40(2)49(34-48(78)19-14-13-15-27-72-62(83)42(4)38-69)63(84)74-50(20-17-28-73-65(71)86)52(79)32-45-22-24-46(25-23-45)39-91-66(87)75(8)29-26-57(80)76(9)44(6)64(85)93-56-35-58(81)77(10)51-31-47(33-53(89-11)60(51)70)30-41(3)18-16-21-55(90-12)68(88)36-54(92-59(82)37-68)43(5)61-67(56,7)94-61/h16,18,21-25,31,33,40,43-44,49-50,54-56,61,88H,4,13-15,17,19-20,26-30,32,34-39H2,1-3,5-12H3,(H,72,83)(H,74,84)(H3,71,73,86)/b21-16+,41-18+/t43-,44+,49+,50+,54+,55-,56+,61+,67+,68-/m1/s1. The minimum Gasteiger partial charge on any atom is -0.495 e. The zero-order valence-corrected chi connectivity index (χ0v) is 58.3. The van der Waals surface area contributed by atoms with E-state index >= 15 is 0 Å². The van der Waals surface area contributed by atoms with Gasteiger partial charge in [-0.25, -0.2) is 14.4 Å². The number of allylic oxidation sites excluding steroid dienone is 3. The number of fused-ring (bicyclic) bond motifs is 5. The van der Waals surface area contributed by atoms with Crippen LogP contribution < -0.4 is 31.3 Å². The number of amides is 7. The molecule has 0 radical (unpaired) electrons. The zero-order valence-electron chi connectivity index (χ0n) is 56.0. The highest BCUT2D eigenvalue weighted by atomic mass is 79.9. The number of nitrogens with two attached hydrogens (primary N) is 1. The van der Waals surface area contributed by atoms with Gasteiger partial charge in [0.15, 0.2) is 5.78 Å². The summed E-state index contributed by atoms with van der Waals surface area (Å²) >= 11 is 10.1. The van der Waals surface area contributed by atoms with Gasteiger partial charge in [-0.05, 0) is 87.6 Å². The number of unbranched alkanes of at least 4 members (excludes halogenated alkanes) is 2. The molecule has 0 spiro atoms. The minimum atomic E-state index is -1.66. The number of aliphatic hydroxyl groups is 1. The molecule has 0 unspecified atom stereocenters. The summed E-state index contributed by atoms with van der Waals surface area (Å²) < 4.78 is 35.3. The topological polar surface area (TPSA) is 321 Å². The van der Waals surface area contributed by atoms with Crippen LogP contribution in [0, 0.1) is 17.8 Å². The molecule has 3 aliphatic rings. The van der Waals surface area contributed by atoms with Crippen LogP contribution in [0.1, 0.15) is 129 Å². The van der Waals surface area contributed by atoms with Crippen LogP contribution in [0.4, 0.5) is 15.3 Å². The van der Waals surface area contributed by atoms with Crippen molar-refractivity contribution in [2.75, 3.05) is 65.2 Å². The number of hydrogen-bond acceptors (Lipinski definition) is 17. The van der Waals surface area contributed by atoms with Crippen molar-refractivity contribution in [2.45, 2.75) is 179 Å². The van der Waals surface area contributed by atoms with Gasteiger partial charge in [0, 0.05) is 103 Å². The molecule has 7 amide bonds. The molecule has 4 bridgehead atoms. The molecule has 518 valence electrons. The van der Waals surface area contributed by atoms with Gasteiger partial charge in [0.2, 0.25) is 23.6 Å². The van der Waals surface area contributed by atoms with Crippen molar-refractivity contribution in [1.82, 2.24) is 25.8 Å². The van der Waals surface area contributed by atoms with Crippen molar-refractivity contribution >= 4 is 92.5 Å². The highest BCUT2D eigenvalue weighted by Crippen LogP contribution is 2.50. The second kappa shape index (κ2) is 36.1. The van der Waals surface area contributed by atoms with Crippen molar-refractivity contribution < 1.29 is 81.5 Å². The Balaban J connectivity index is 1.18. The van der Waals surface area contributed by atoms with Crippen molar-refractivity contribution in [3.8, 4) is 5.75 Å². The number of rotatable bonds is 30. The van der Waals surface area contributed by atoms with Gasteiger partial charge in [0.1, 0.15) is 58.7 Å². The number of alkyl halides is 1. The first kappa shape index (κ1) is 77.5. The molecule has 0 aromatic heterocycles. The summed E-state index contributed by atoms with van der Waals surface area (Å²) in [5.74, 6) is -4.78. The second-order valence-electron chi connectivity index (χ2n) is 25.3. The highest BCUT2D eigenvalue weighted by molar-refractivity contribution is 9.09. The van der Waals surface area contributed by atoms with E-state index in [4.69, 9.17) is 45.8 Å². The first-order valence-corrected chi connectivity index (χ1v) is 33.3. The number of nitrogens with zero attached hydrogens (tertiary/aromatic N) is 3. The molecule has 3 heterocycles. The summed E-state index contributed by atoms with van der Waals surface area (Å²) in [6, 6.07) is 7.41. The van der Waals surface area contributed by atoms with E-state index in [1.165, 1.54) is 57.0 Å². The Hall–Kier alpha value is -7.19. The number of ketones is 2. The number of halogens is 2. The maximum atomic E-state index is 14.5.